The molecule has 0 aliphatic rings. The van der Waals surface area contributed by atoms with Gasteiger partial charge in [-0.25, -0.2) is 0 Å². The largest absolute Gasteiger partial charge is 0.496 e. The van der Waals surface area contributed by atoms with E-state index in [0.717, 1.165) is 5.56 Å². The van der Waals surface area contributed by atoms with E-state index in [9.17, 15) is 18.0 Å². The number of methoxy groups -OCH3 is 1. The maximum Gasteiger partial charge on any atom is 0.411 e. The molecule has 0 aromatic heterocycles. The molecule has 112 valence electrons. The standard InChI is InChI=1S/C13H16F3NO3/c1-9-3-4-10(7-11(9)19-2)12(18)17-5-6-20-8-13(14,15)16/h3-4,7H,5-6,8H2,1-2H3,(H,17,18). The van der Waals surface area contributed by atoms with E-state index >= 15 is 0 Å². The average Bonchev–Trinajstić information content (AvgIpc) is 2.37. The monoisotopic (exact) mass is 291 g/mol. The highest BCUT2D eigenvalue weighted by atomic mass is 19.4. The first-order valence-corrected chi connectivity index (χ1v) is 5.91. The van der Waals surface area contributed by atoms with E-state index < -0.39 is 12.8 Å². The van der Waals surface area contributed by atoms with Gasteiger partial charge >= 0.3 is 6.18 Å². The lowest BCUT2D eigenvalue weighted by molar-refractivity contribution is -0.173. The Morgan fingerprint density at radius 3 is 2.65 bits per heavy atom. The van der Waals surface area contributed by atoms with Gasteiger partial charge in [0.25, 0.3) is 5.91 Å². The second kappa shape index (κ2) is 7.14. The minimum absolute atomic E-state index is 0.00506. The van der Waals surface area contributed by atoms with Crippen molar-refractivity contribution in [3.05, 3.63) is 29.3 Å². The Bertz CT molecular complexity index is 461. The highest BCUT2D eigenvalue weighted by Gasteiger charge is 2.27. The van der Waals surface area contributed by atoms with Gasteiger partial charge in [-0.15, -0.1) is 0 Å². The first-order valence-electron chi connectivity index (χ1n) is 5.91. The van der Waals surface area contributed by atoms with Gasteiger partial charge in [-0.2, -0.15) is 13.2 Å². The first kappa shape index (κ1) is 16.3. The zero-order valence-electron chi connectivity index (χ0n) is 11.2. The fourth-order valence-electron chi connectivity index (χ4n) is 1.49. The SMILES string of the molecule is COc1cc(C(=O)NCCOCC(F)(F)F)ccc1C. The highest BCUT2D eigenvalue weighted by Crippen LogP contribution is 2.18. The quantitative estimate of drug-likeness (QED) is 0.818. The van der Waals surface area contributed by atoms with Crippen molar-refractivity contribution < 1.29 is 27.4 Å². The van der Waals surface area contributed by atoms with Crippen molar-refractivity contribution in [2.75, 3.05) is 26.9 Å². The van der Waals surface area contributed by atoms with Crippen molar-refractivity contribution in [2.45, 2.75) is 13.1 Å². The fourth-order valence-corrected chi connectivity index (χ4v) is 1.49. The molecule has 0 unspecified atom stereocenters. The van der Waals surface area contributed by atoms with Gasteiger partial charge in [0, 0.05) is 12.1 Å². The van der Waals surface area contributed by atoms with Crippen molar-refractivity contribution in [3.8, 4) is 5.75 Å². The second-order valence-corrected chi connectivity index (χ2v) is 4.11. The van der Waals surface area contributed by atoms with Crippen molar-refractivity contribution in [1.29, 1.82) is 0 Å². The molecule has 7 heteroatoms. The van der Waals surface area contributed by atoms with Gasteiger partial charge in [0.2, 0.25) is 0 Å². The Balaban J connectivity index is 2.40. The summed E-state index contributed by atoms with van der Waals surface area (Å²) in [7, 11) is 1.50. The summed E-state index contributed by atoms with van der Waals surface area (Å²) in [6.45, 7) is 0.325. The Hall–Kier alpha value is -1.76. The lowest BCUT2D eigenvalue weighted by Gasteiger charge is -2.10. The summed E-state index contributed by atoms with van der Waals surface area (Å²) in [5.41, 5.74) is 1.26. The number of benzene rings is 1. The van der Waals surface area contributed by atoms with Crippen LogP contribution in [0.1, 0.15) is 15.9 Å². The number of rotatable bonds is 6. The van der Waals surface area contributed by atoms with Gasteiger partial charge in [0.15, 0.2) is 0 Å². The molecule has 1 N–H and O–H groups in total. The summed E-state index contributed by atoms with van der Waals surface area (Å²) in [5.74, 6) is 0.185. The molecule has 1 aromatic rings. The molecule has 0 spiro atoms. The molecule has 0 fully saturated rings. The Morgan fingerprint density at radius 1 is 1.35 bits per heavy atom. The summed E-state index contributed by atoms with van der Waals surface area (Å²) in [4.78, 5) is 11.7. The molecule has 0 bridgehead atoms. The van der Waals surface area contributed by atoms with Crippen LogP contribution in [-0.4, -0.2) is 39.0 Å². The van der Waals surface area contributed by atoms with E-state index in [1.807, 2.05) is 6.92 Å². The van der Waals surface area contributed by atoms with Gasteiger partial charge in [0.05, 0.1) is 13.7 Å². The lowest BCUT2D eigenvalue weighted by atomic mass is 10.1. The molecular formula is C13H16F3NO3. The number of amides is 1. The number of alkyl halides is 3. The Morgan fingerprint density at radius 2 is 2.05 bits per heavy atom. The third-order valence-corrected chi connectivity index (χ3v) is 2.47. The van der Waals surface area contributed by atoms with Crippen molar-refractivity contribution >= 4 is 5.91 Å². The molecule has 0 aliphatic heterocycles. The molecule has 0 aliphatic carbocycles. The van der Waals surface area contributed by atoms with Gasteiger partial charge in [0.1, 0.15) is 12.4 Å². The average molecular weight is 291 g/mol. The zero-order valence-corrected chi connectivity index (χ0v) is 11.2. The topological polar surface area (TPSA) is 47.6 Å². The maximum absolute atomic E-state index is 11.8. The Kier molecular flexibility index (Phi) is 5.82. The lowest BCUT2D eigenvalue weighted by Crippen LogP contribution is -2.28. The smallest absolute Gasteiger partial charge is 0.411 e. The number of ether oxygens (including phenoxy) is 2. The van der Waals surface area contributed by atoms with Gasteiger partial charge in [-0.05, 0) is 24.6 Å². The van der Waals surface area contributed by atoms with E-state index in [2.05, 4.69) is 10.1 Å². The van der Waals surface area contributed by atoms with Crippen molar-refractivity contribution in [2.24, 2.45) is 0 Å². The van der Waals surface area contributed by atoms with Crippen LogP contribution in [0.15, 0.2) is 18.2 Å². The van der Waals surface area contributed by atoms with Crippen molar-refractivity contribution in [3.63, 3.8) is 0 Å². The number of hydrogen-bond donors (Lipinski definition) is 1. The zero-order chi connectivity index (χ0) is 15.2. The number of halogens is 3. The summed E-state index contributed by atoms with van der Waals surface area (Å²) in [6, 6.07) is 4.92. The second-order valence-electron chi connectivity index (χ2n) is 4.11. The van der Waals surface area contributed by atoms with Crippen LogP contribution >= 0.6 is 0 Å². The molecular weight excluding hydrogens is 275 g/mol. The molecule has 0 heterocycles. The molecule has 4 nitrogen and oxygen atoms in total. The van der Waals surface area contributed by atoms with E-state index in [4.69, 9.17) is 4.74 Å². The van der Waals surface area contributed by atoms with Crippen LogP contribution in [-0.2, 0) is 4.74 Å². The van der Waals surface area contributed by atoms with Gasteiger partial charge < -0.3 is 14.8 Å². The van der Waals surface area contributed by atoms with E-state index in [1.54, 1.807) is 18.2 Å². The Labute approximate surface area is 114 Å². The molecule has 0 saturated carbocycles. The van der Waals surface area contributed by atoms with Crippen LogP contribution in [0.2, 0.25) is 0 Å². The van der Waals surface area contributed by atoms with Crippen LogP contribution in [0.3, 0.4) is 0 Å². The summed E-state index contributed by atoms with van der Waals surface area (Å²) < 4.78 is 44.9. The number of aryl methyl sites for hydroxylation is 1. The number of hydrogen-bond acceptors (Lipinski definition) is 3. The number of carbonyl (C=O) groups excluding carboxylic acids is 1. The van der Waals surface area contributed by atoms with Crippen LogP contribution in [0.4, 0.5) is 13.2 Å². The molecule has 20 heavy (non-hydrogen) atoms. The minimum atomic E-state index is -4.35. The van der Waals surface area contributed by atoms with Crippen LogP contribution in [0.25, 0.3) is 0 Å². The fraction of sp³-hybridized carbons (Fsp3) is 0.462. The third-order valence-electron chi connectivity index (χ3n) is 2.47. The predicted octanol–water partition coefficient (Wildman–Crippen LogP) is 2.31. The van der Waals surface area contributed by atoms with E-state index in [-0.39, 0.29) is 19.1 Å². The van der Waals surface area contributed by atoms with E-state index in [0.29, 0.717) is 11.3 Å². The maximum atomic E-state index is 11.8. The number of carbonyl (C=O) groups is 1. The summed E-state index contributed by atoms with van der Waals surface area (Å²) in [6.07, 6.45) is -4.35. The van der Waals surface area contributed by atoms with Crippen LogP contribution in [0.5, 0.6) is 5.75 Å². The molecule has 0 atom stereocenters. The van der Waals surface area contributed by atoms with Gasteiger partial charge in [-0.3, -0.25) is 4.79 Å². The third kappa shape index (κ3) is 5.48. The summed E-state index contributed by atoms with van der Waals surface area (Å²) in [5, 5.41) is 2.47. The first-order chi connectivity index (χ1) is 9.33. The predicted molar refractivity (Wildman–Crippen MR) is 66.9 cm³/mol. The molecule has 0 saturated heterocycles. The van der Waals surface area contributed by atoms with Crippen LogP contribution in [0, 0.1) is 6.92 Å². The molecule has 1 amide bonds. The molecule has 0 radical (unpaired) electrons. The van der Waals surface area contributed by atoms with E-state index in [1.165, 1.54) is 7.11 Å². The molecule has 1 rings (SSSR count). The normalized spacial score (nSPS) is 11.2. The number of nitrogens with one attached hydrogen (secondary N) is 1. The minimum Gasteiger partial charge on any atom is -0.496 e. The molecule has 1 aromatic carbocycles. The van der Waals surface area contributed by atoms with Crippen molar-refractivity contribution in [1.82, 2.24) is 5.32 Å². The van der Waals surface area contributed by atoms with Crippen LogP contribution < -0.4 is 10.1 Å². The summed E-state index contributed by atoms with van der Waals surface area (Å²) >= 11 is 0. The highest BCUT2D eigenvalue weighted by molar-refractivity contribution is 5.94. The van der Waals surface area contributed by atoms with Gasteiger partial charge in [-0.1, -0.05) is 6.07 Å².